The summed E-state index contributed by atoms with van der Waals surface area (Å²) >= 11 is 1.15. The van der Waals surface area contributed by atoms with Crippen molar-refractivity contribution in [2.75, 3.05) is 5.32 Å². The van der Waals surface area contributed by atoms with Gasteiger partial charge in [0.05, 0.1) is 16.6 Å². The molecule has 0 spiro atoms. The van der Waals surface area contributed by atoms with Crippen LogP contribution in [-0.2, 0) is 6.54 Å². The van der Waals surface area contributed by atoms with E-state index in [1.165, 1.54) is 17.0 Å². The summed E-state index contributed by atoms with van der Waals surface area (Å²) in [6.45, 7) is 4.07. The van der Waals surface area contributed by atoms with Crippen LogP contribution in [0, 0.1) is 6.92 Å². The number of benzene rings is 2. The maximum atomic E-state index is 13.0. The zero-order chi connectivity index (χ0) is 22.6. The molecule has 2 aromatic carbocycles. The van der Waals surface area contributed by atoms with Gasteiger partial charge in [-0.3, -0.25) is 23.7 Å². The van der Waals surface area contributed by atoms with Gasteiger partial charge in [0.15, 0.2) is 11.6 Å². The molecule has 0 unspecified atom stereocenters. The van der Waals surface area contributed by atoms with E-state index >= 15 is 0 Å². The lowest BCUT2D eigenvalue weighted by atomic mass is 9.84. The van der Waals surface area contributed by atoms with Gasteiger partial charge in [-0.25, -0.2) is 4.98 Å². The molecule has 2 aromatic heterocycles. The lowest BCUT2D eigenvalue weighted by Crippen LogP contribution is -2.21. The third-order valence-corrected chi connectivity index (χ3v) is 6.85. The summed E-state index contributed by atoms with van der Waals surface area (Å²) in [5, 5.41) is 3.23. The van der Waals surface area contributed by atoms with Crippen molar-refractivity contribution in [1.29, 1.82) is 0 Å². The Morgan fingerprint density at radius 1 is 1.00 bits per heavy atom. The van der Waals surface area contributed by atoms with Crippen LogP contribution in [0.15, 0.2) is 53.6 Å². The molecule has 0 saturated carbocycles. The molecule has 0 aliphatic heterocycles. The number of ketones is 2. The zero-order valence-electron chi connectivity index (χ0n) is 17.3. The van der Waals surface area contributed by atoms with Gasteiger partial charge in [0, 0.05) is 34.5 Å². The third-order valence-electron chi connectivity index (χ3n) is 5.65. The molecule has 5 rings (SSSR count). The highest BCUT2D eigenvalue weighted by Crippen LogP contribution is 2.31. The molecule has 0 atom stereocenters. The van der Waals surface area contributed by atoms with Crippen molar-refractivity contribution < 1.29 is 14.4 Å². The van der Waals surface area contributed by atoms with E-state index < -0.39 is 5.91 Å². The number of nitrogens with one attached hydrogen (secondary N) is 1. The lowest BCUT2D eigenvalue weighted by molar-refractivity contribution is 0.0979. The highest BCUT2D eigenvalue weighted by atomic mass is 32.1. The number of amides is 1. The Morgan fingerprint density at radius 2 is 1.66 bits per heavy atom. The minimum absolute atomic E-state index is 0.179. The Bertz CT molecular complexity index is 1530. The van der Waals surface area contributed by atoms with Crippen LogP contribution in [0.5, 0.6) is 0 Å². The van der Waals surface area contributed by atoms with E-state index in [2.05, 4.69) is 10.3 Å². The molecule has 8 heteroatoms. The summed E-state index contributed by atoms with van der Waals surface area (Å²) in [4.78, 5) is 56.5. The van der Waals surface area contributed by atoms with Gasteiger partial charge in [-0.15, -0.1) is 11.3 Å². The largest absolute Gasteiger partial charge is 0.321 e. The van der Waals surface area contributed by atoms with Crippen LogP contribution in [0.3, 0.4) is 0 Å². The molecule has 1 N–H and O–H groups in total. The summed E-state index contributed by atoms with van der Waals surface area (Å²) in [5.41, 5.74) is 2.09. The van der Waals surface area contributed by atoms with Gasteiger partial charge in [-0.2, -0.15) is 0 Å². The van der Waals surface area contributed by atoms with E-state index in [1.807, 2.05) is 6.92 Å². The second kappa shape index (κ2) is 7.35. The van der Waals surface area contributed by atoms with E-state index in [4.69, 9.17) is 0 Å². The standard InChI is InChI=1S/C24H17N3O4S/c1-3-27-11-25-23-18(24(27)31)12(2)21(32-23)22(30)26-13-8-9-16-17(10-13)20(29)15-7-5-4-6-14(15)19(16)28/h4-11H,3H2,1-2H3,(H,26,30). The molecule has 4 aromatic rings. The monoisotopic (exact) mass is 443 g/mol. The van der Waals surface area contributed by atoms with E-state index in [0.29, 0.717) is 49.6 Å². The second-order valence-electron chi connectivity index (χ2n) is 7.49. The van der Waals surface area contributed by atoms with E-state index in [9.17, 15) is 19.2 Å². The Hall–Kier alpha value is -3.91. The van der Waals surface area contributed by atoms with Crippen LogP contribution in [0.2, 0.25) is 0 Å². The number of anilines is 1. The zero-order valence-corrected chi connectivity index (χ0v) is 18.1. The Kier molecular flexibility index (Phi) is 4.60. The topological polar surface area (TPSA) is 98.1 Å². The highest BCUT2D eigenvalue weighted by molar-refractivity contribution is 7.20. The lowest BCUT2D eigenvalue weighted by Gasteiger charge is -2.18. The number of fused-ring (bicyclic) bond motifs is 3. The Morgan fingerprint density at radius 3 is 2.34 bits per heavy atom. The summed E-state index contributed by atoms with van der Waals surface area (Å²) in [5.74, 6) is -0.872. The van der Waals surface area contributed by atoms with Gasteiger partial charge in [0.25, 0.3) is 11.5 Å². The molecule has 1 amide bonds. The number of aromatic nitrogens is 2. The maximum Gasteiger partial charge on any atom is 0.266 e. The average molecular weight is 443 g/mol. The third kappa shape index (κ3) is 2.91. The van der Waals surface area contributed by atoms with Crippen LogP contribution in [-0.4, -0.2) is 27.0 Å². The smallest absolute Gasteiger partial charge is 0.266 e. The molecule has 2 heterocycles. The highest BCUT2D eigenvalue weighted by Gasteiger charge is 2.29. The Balaban J connectivity index is 1.51. The number of nitrogens with zero attached hydrogens (tertiary/aromatic N) is 2. The molecular formula is C24H17N3O4S. The number of carbonyl (C=O) groups excluding carboxylic acids is 3. The first kappa shape index (κ1) is 20.0. The first-order chi connectivity index (χ1) is 15.4. The fraction of sp³-hybridized carbons (Fsp3) is 0.125. The number of hydrogen-bond donors (Lipinski definition) is 1. The van der Waals surface area contributed by atoms with Crippen LogP contribution >= 0.6 is 11.3 Å². The maximum absolute atomic E-state index is 13.0. The van der Waals surface area contributed by atoms with Crippen LogP contribution in [0.1, 0.15) is 54.0 Å². The van der Waals surface area contributed by atoms with Crippen molar-refractivity contribution in [1.82, 2.24) is 9.55 Å². The van der Waals surface area contributed by atoms with Crippen LogP contribution < -0.4 is 10.9 Å². The number of thiophene rings is 1. The molecular weight excluding hydrogens is 426 g/mol. The van der Waals surface area contributed by atoms with Gasteiger partial charge < -0.3 is 5.32 Å². The minimum Gasteiger partial charge on any atom is -0.321 e. The van der Waals surface area contributed by atoms with E-state index in [-0.39, 0.29) is 22.7 Å². The van der Waals surface area contributed by atoms with Gasteiger partial charge in [0.2, 0.25) is 0 Å². The van der Waals surface area contributed by atoms with Crippen LogP contribution in [0.25, 0.3) is 10.2 Å². The van der Waals surface area contributed by atoms with Crippen molar-refractivity contribution in [3.63, 3.8) is 0 Å². The quantitative estimate of drug-likeness (QED) is 0.457. The number of rotatable bonds is 3. The normalized spacial score (nSPS) is 12.6. The summed E-state index contributed by atoms with van der Waals surface area (Å²) in [6, 6.07) is 11.4. The van der Waals surface area contributed by atoms with Crippen molar-refractivity contribution in [3.8, 4) is 0 Å². The second-order valence-corrected chi connectivity index (χ2v) is 8.49. The minimum atomic E-state index is -0.400. The molecule has 0 saturated heterocycles. The van der Waals surface area contributed by atoms with Gasteiger partial charge in [-0.1, -0.05) is 24.3 Å². The SMILES string of the molecule is CCn1cnc2sc(C(=O)Nc3ccc4c(c3)C(=O)c3ccccc3C4=O)c(C)c2c1=O. The van der Waals surface area contributed by atoms with E-state index in [1.54, 1.807) is 43.3 Å². The molecule has 1 aliphatic carbocycles. The summed E-state index contributed by atoms with van der Waals surface area (Å²) < 4.78 is 1.49. The molecule has 0 bridgehead atoms. The fourth-order valence-electron chi connectivity index (χ4n) is 3.97. The van der Waals surface area contributed by atoms with Crippen molar-refractivity contribution >= 4 is 44.7 Å². The molecule has 32 heavy (non-hydrogen) atoms. The van der Waals surface area contributed by atoms with Crippen molar-refractivity contribution in [2.45, 2.75) is 20.4 Å². The first-order valence-electron chi connectivity index (χ1n) is 10.0. The van der Waals surface area contributed by atoms with Crippen molar-refractivity contribution in [3.05, 3.63) is 91.8 Å². The predicted octanol–water partition coefficient (Wildman–Crippen LogP) is 3.81. The number of carbonyl (C=O) groups is 3. The Labute approximate surface area is 186 Å². The fourth-order valence-corrected chi connectivity index (χ4v) is 5.00. The van der Waals surface area contributed by atoms with Crippen molar-refractivity contribution in [2.24, 2.45) is 0 Å². The van der Waals surface area contributed by atoms with Crippen LogP contribution in [0.4, 0.5) is 5.69 Å². The molecule has 1 aliphatic rings. The molecule has 7 nitrogen and oxygen atoms in total. The first-order valence-corrected chi connectivity index (χ1v) is 10.8. The van der Waals surface area contributed by atoms with E-state index in [0.717, 1.165) is 11.3 Å². The molecule has 0 radical (unpaired) electrons. The predicted molar refractivity (Wildman–Crippen MR) is 122 cm³/mol. The number of aryl methyl sites for hydroxylation is 2. The summed E-state index contributed by atoms with van der Waals surface area (Å²) in [7, 11) is 0. The van der Waals surface area contributed by atoms with Gasteiger partial charge in [0.1, 0.15) is 4.83 Å². The summed E-state index contributed by atoms with van der Waals surface area (Å²) in [6.07, 6.45) is 1.48. The number of hydrogen-bond acceptors (Lipinski definition) is 6. The van der Waals surface area contributed by atoms with Gasteiger partial charge >= 0.3 is 0 Å². The molecule has 0 fully saturated rings. The average Bonchev–Trinajstić information content (AvgIpc) is 3.15. The molecule has 158 valence electrons. The van der Waals surface area contributed by atoms with Gasteiger partial charge in [-0.05, 0) is 37.6 Å².